The fourth-order valence-corrected chi connectivity index (χ4v) is 5.82. The first kappa shape index (κ1) is 21.5. The quantitative estimate of drug-likeness (QED) is 0.440. The van der Waals surface area contributed by atoms with Crippen LogP contribution in [-0.4, -0.2) is 74.9 Å². The lowest BCUT2D eigenvalue weighted by molar-refractivity contribution is 0.580. The Hall–Kier alpha value is -2.37. The second-order valence-corrected chi connectivity index (χ2v) is 10.3. The van der Waals surface area contributed by atoms with Gasteiger partial charge in [-0.15, -0.1) is 0 Å². The average molecular weight is 474 g/mol. The zero-order valence-electron chi connectivity index (χ0n) is 17.5. The van der Waals surface area contributed by atoms with E-state index in [1.807, 2.05) is 6.07 Å². The van der Waals surface area contributed by atoms with Crippen LogP contribution in [0.2, 0.25) is 0 Å². The number of fused-ring (bicyclic) bond motifs is 1. The SMILES string of the molecule is O=S1CCN(c2nc(N3CCNCC3)nc3c(SCc4ccccc4F)ncnc23)CC1. The Morgan fingerprint density at radius 3 is 2.56 bits per heavy atom. The Bertz CT molecular complexity index is 1130. The van der Waals surface area contributed by atoms with Crippen LogP contribution in [0.4, 0.5) is 16.2 Å². The van der Waals surface area contributed by atoms with E-state index in [9.17, 15) is 8.60 Å². The number of hydrogen-bond donors (Lipinski definition) is 1. The smallest absolute Gasteiger partial charge is 0.228 e. The Labute approximate surface area is 192 Å². The Balaban J connectivity index is 1.54. The van der Waals surface area contributed by atoms with Crippen molar-refractivity contribution in [3.05, 3.63) is 42.0 Å². The second kappa shape index (κ2) is 9.63. The molecular weight excluding hydrogens is 449 g/mol. The molecular formula is C21H24FN7OS2. The lowest BCUT2D eigenvalue weighted by Gasteiger charge is -2.31. The Morgan fingerprint density at radius 1 is 1.00 bits per heavy atom. The molecule has 2 aromatic heterocycles. The topological polar surface area (TPSA) is 87.1 Å². The van der Waals surface area contributed by atoms with Crippen molar-refractivity contribution in [3.8, 4) is 0 Å². The molecule has 1 aromatic carbocycles. The number of benzene rings is 1. The summed E-state index contributed by atoms with van der Waals surface area (Å²) >= 11 is 1.45. The first-order valence-electron chi connectivity index (χ1n) is 10.6. The normalized spacial score (nSPS) is 17.8. The van der Waals surface area contributed by atoms with Gasteiger partial charge in [0, 0.05) is 67.3 Å². The molecule has 0 amide bonds. The van der Waals surface area contributed by atoms with Crippen LogP contribution in [0.1, 0.15) is 5.56 Å². The maximum atomic E-state index is 14.1. The number of thioether (sulfide) groups is 1. The molecule has 11 heteroatoms. The van der Waals surface area contributed by atoms with E-state index in [-0.39, 0.29) is 5.82 Å². The number of nitrogens with zero attached hydrogens (tertiary/aromatic N) is 6. The molecule has 32 heavy (non-hydrogen) atoms. The van der Waals surface area contributed by atoms with Gasteiger partial charge in [-0.3, -0.25) is 4.21 Å². The summed E-state index contributed by atoms with van der Waals surface area (Å²) in [6, 6.07) is 6.78. The van der Waals surface area contributed by atoms with Crippen molar-refractivity contribution in [2.24, 2.45) is 0 Å². The highest BCUT2D eigenvalue weighted by atomic mass is 32.2. The lowest BCUT2D eigenvalue weighted by Crippen LogP contribution is -2.44. The van der Waals surface area contributed by atoms with Crippen molar-refractivity contribution in [2.75, 3.05) is 60.6 Å². The van der Waals surface area contributed by atoms with Gasteiger partial charge >= 0.3 is 0 Å². The van der Waals surface area contributed by atoms with Gasteiger partial charge in [-0.2, -0.15) is 4.98 Å². The summed E-state index contributed by atoms with van der Waals surface area (Å²) in [6.07, 6.45) is 1.52. The summed E-state index contributed by atoms with van der Waals surface area (Å²) in [5.41, 5.74) is 1.99. The van der Waals surface area contributed by atoms with Crippen LogP contribution in [0.3, 0.4) is 0 Å². The Kier molecular flexibility index (Phi) is 6.47. The molecule has 2 saturated heterocycles. The van der Waals surface area contributed by atoms with E-state index in [2.05, 4.69) is 25.1 Å². The third kappa shape index (κ3) is 4.55. The van der Waals surface area contributed by atoms with Gasteiger partial charge < -0.3 is 15.1 Å². The van der Waals surface area contributed by atoms with E-state index in [0.29, 0.717) is 57.9 Å². The molecule has 8 nitrogen and oxygen atoms in total. The van der Waals surface area contributed by atoms with Crippen LogP contribution in [0.5, 0.6) is 0 Å². The Morgan fingerprint density at radius 2 is 1.78 bits per heavy atom. The first-order valence-corrected chi connectivity index (χ1v) is 13.1. The number of anilines is 2. The minimum atomic E-state index is -0.785. The molecule has 0 aliphatic carbocycles. The minimum Gasteiger partial charge on any atom is -0.353 e. The van der Waals surface area contributed by atoms with Gasteiger partial charge in [0.2, 0.25) is 5.95 Å². The number of nitrogens with one attached hydrogen (secondary N) is 1. The highest BCUT2D eigenvalue weighted by Gasteiger charge is 2.24. The van der Waals surface area contributed by atoms with Gasteiger partial charge in [-0.05, 0) is 11.6 Å². The van der Waals surface area contributed by atoms with E-state index in [1.54, 1.807) is 12.1 Å². The van der Waals surface area contributed by atoms with Gasteiger partial charge in [0.15, 0.2) is 5.82 Å². The fraction of sp³-hybridized carbons (Fsp3) is 0.429. The van der Waals surface area contributed by atoms with Crippen molar-refractivity contribution >= 4 is 45.4 Å². The summed E-state index contributed by atoms with van der Waals surface area (Å²) in [6.45, 7) is 4.72. The molecule has 168 valence electrons. The number of halogens is 1. The number of hydrogen-bond acceptors (Lipinski definition) is 9. The zero-order valence-corrected chi connectivity index (χ0v) is 19.2. The molecule has 2 fully saturated rings. The van der Waals surface area contributed by atoms with E-state index < -0.39 is 10.8 Å². The number of aromatic nitrogens is 4. The molecule has 0 bridgehead atoms. The number of rotatable bonds is 5. The summed E-state index contributed by atoms with van der Waals surface area (Å²) in [5.74, 6) is 2.88. The van der Waals surface area contributed by atoms with Crippen LogP contribution in [-0.2, 0) is 16.6 Å². The van der Waals surface area contributed by atoms with Gasteiger partial charge in [0.05, 0.1) is 0 Å². The molecule has 4 heterocycles. The van der Waals surface area contributed by atoms with Crippen LogP contribution >= 0.6 is 11.8 Å². The third-order valence-electron chi connectivity index (χ3n) is 5.62. The molecule has 2 aliphatic heterocycles. The summed E-state index contributed by atoms with van der Waals surface area (Å²) in [7, 11) is -0.785. The molecule has 0 atom stereocenters. The van der Waals surface area contributed by atoms with E-state index in [1.165, 1.54) is 24.2 Å². The van der Waals surface area contributed by atoms with Crippen molar-refractivity contribution in [1.29, 1.82) is 0 Å². The molecule has 5 rings (SSSR count). The van der Waals surface area contributed by atoms with E-state index >= 15 is 0 Å². The maximum Gasteiger partial charge on any atom is 0.228 e. The molecule has 2 aliphatic rings. The fourth-order valence-electron chi connectivity index (χ4n) is 3.84. The second-order valence-electron chi connectivity index (χ2n) is 7.68. The van der Waals surface area contributed by atoms with Gasteiger partial charge in [-0.1, -0.05) is 30.0 Å². The van der Waals surface area contributed by atoms with Crippen LogP contribution < -0.4 is 15.1 Å². The lowest BCUT2D eigenvalue weighted by atomic mass is 10.2. The van der Waals surface area contributed by atoms with Crippen molar-refractivity contribution < 1.29 is 8.60 Å². The molecule has 3 aromatic rings. The average Bonchev–Trinajstić information content (AvgIpc) is 2.84. The van der Waals surface area contributed by atoms with Crippen molar-refractivity contribution in [2.45, 2.75) is 10.8 Å². The minimum absolute atomic E-state index is 0.225. The van der Waals surface area contributed by atoms with Crippen LogP contribution in [0.25, 0.3) is 11.0 Å². The summed E-state index contributed by atoms with van der Waals surface area (Å²) in [5, 5.41) is 4.06. The molecule has 0 spiro atoms. The van der Waals surface area contributed by atoms with Gasteiger partial charge in [0.1, 0.15) is 28.2 Å². The van der Waals surface area contributed by atoms with E-state index in [4.69, 9.17) is 9.97 Å². The van der Waals surface area contributed by atoms with Gasteiger partial charge in [-0.25, -0.2) is 19.3 Å². The van der Waals surface area contributed by atoms with E-state index in [0.717, 1.165) is 32.0 Å². The highest BCUT2D eigenvalue weighted by Crippen LogP contribution is 2.32. The third-order valence-corrected chi connectivity index (χ3v) is 7.92. The van der Waals surface area contributed by atoms with Crippen molar-refractivity contribution in [1.82, 2.24) is 25.3 Å². The van der Waals surface area contributed by atoms with Crippen molar-refractivity contribution in [3.63, 3.8) is 0 Å². The summed E-state index contributed by atoms with van der Waals surface area (Å²) < 4.78 is 26.0. The predicted octanol–water partition coefficient (Wildman–Crippen LogP) is 1.83. The monoisotopic (exact) mass is 473 g/mol. The standard InChI is InChI=1S/C21H24FN7OS2/c22-16-4-2-1-3-15(16)13-31-20-18-17(24-14-25-20)19(28-9-11-32(30)12-10-28)27-21(26-18)29-7-5-23-6-8-29/h1-4,14,23H,5-13H2. The molecule has 0 radical (unpaired) electrons. The highest BCUT2D eigenvalue weighted by molar-refractivity contribution is 7.98. The summed E-state index contributed by atoms with van der Waals surface area (Å²) in [4.78, 5) is 23.1. The first-order chi connectivity index (χ1) is 15.7. The van der Waals surface area contributed by atoms with Crippen LogP contribution in [0.15, 0.2) is 35.6 Å². The number of piperazine rings is 1. The predicted molar refractivity (Wildman–Crippen MR) is 126 cm³/mol. The maximum absolute atomic E-state index is 14.1. The zero-order chi connectivity index (χ0) is 21.9. The largest absolute Gasteiger partial charge is 0.353 e. The molecule has 0 unspecified atom stereocenters. The molecule has 1 N–H and O–H groups in total. The van der Waals surface area contributed by atoms with Crippen LogP contribution in [0, 0.1) is 5.82 Å². The molecule has 0 saturated carbocycles. The van der Waals surface area contributed by atoms with Gasteiger partial charge in [0.25, 0.3) is 0 Å².